The quantitative estimate of drug-likeness (QED) is 0.658. The predicted molar refractivity (Wildman–Crippen MR) is 86.2 cm³/mol. The molecule has 2 aromatic carbocycles. The maximum absolute atomic E-state index is 12.3. The number of nitrogens with zero attached hydrogens (tertiary/aromatic N) is 1. The summed E-state index contributed by atoms with van der Waals surface area (Å²) in [5.41, 5.74) is 2.22. The average Bonchev–Trinajstić information content (AvgIpc) is 2.54. The molecule has 0 fully saturated rings. The molecule has 0 spiro atoms. The lowest BCUT2D eigenvalue weighted by molar-refractivity contribution is -0.384. The number of nitro groups is 1. The molecule has 22 heavy (non-hydrogen) atoms. The fourth-order valence-electron chi connectivity index (χ4n) is 2.19. The maximum Gasteiger partial charge on any atom is 0.269 e. The molecule has 5 nitrogen and oxygen atoms in total. The Hall–Kier alpha value is -2.69. The highest BCUT2D eigenvalue weighted by atomic mass is 16.6. The summed E-state index contributed by atoms with van der Waals surface area (Å²) >= 11 is 0. The van der Waals surface area contributed by atoms with Crippen molar-refractivity contribution in [1.82, 2.24) is 0 Å². The van der Waals surface area contributed by atoms with Crippen molar-refractivity contribution in [3.05, 3.63) is 69.8 Å². The Bertz CT molecular complexity index is 681. The van der Waals surface area contributed by atoms with Crippen LogP contribution in [0.5, 0.6) is 0 Å². The van der Waals surface area contributed by atoms with E-state index in [1.54, 1.807) is 0 Å². The summed E-state index contributed by atoms with van der Waals surface area (Å²) in [5, 5.41) is 13.5. The number of anilines is 1. The zero-order chi connectivity index (χ0) is 16.1. The first-order chi connectivity index (χ1) is 10.5. The van der Waals surface area contributed by atoms with Gasteiger partial charge in [0.05, 0.1) is 4.92 Å². The first-order valence-electron chi connectivity index (χ1n) is 7.17. The second kappa shape index (κ2) is 6.85. The van der Waals surface area contributed by atoms with E-state index in [2.05, 4.69) is 19.2 Å². The number of para-hydroxylation sites is 1. The first-order valence-corrected chi connectivity index (χ1v) is 7.17. The molecule has 0 aliphatic rings. The van der Waals surface area contributed by atoms with Crippen LogP contribution in [-0.4, -0.2) is 10.8 Å². The lowest BCUT2D eigenvalue weighted by Gasteiger charge is -2.15. The van der Waals surface area contributed by atoms with Gasteiger partial charge >= 0.3 is 0 Å². The van der Waals surface area contributed by atoms with Crippen molar-refractivity contribution in [3.8, 4) is 0 Å². The van der Waals surface area contributed by atoms with Crippen molar-refractivity contribution in [2.45, 2.75) is 26.2 Å². The van der Waals surface area contributed by atoms with Gasteiger partial charge in [0.15, 0.2) is 0 Å². The minimum atomic E-state index is -0.486. The van der Waals surface area contributed by atoms with E-state index in [9.17, 15) is 14.9 Å². The molecule has 0 bridgehead atoms. The number of rotatable bonds is 5. The van der Waals surface area contributed by atoms with Crippen LogP contribution in [0.15, 0.2) is 48.5 Å². The number of amides is 1. The van der Waals surface area contributed by atoms with Gasteiger partial charge < -0.3 is 5.32 Å². The molecule has 0 unspecified atom stereocenters. The molecule has 1 N–H and O–H groups in total. The summed E-state index contributed by atoms with van der Waals surface area (Å²) in [5.74, 6) is 0.0685. The Morgan fingerprint density at radius 1 is 1.18 bits per heavy atom. The van der Waals surface area contributed by atoms with Crippen molar-refractivity contribution in [2.24, 2.45) is 0 Å². The molecule has 2 aromatic rings. The third kappa shape index (κ3) is 3.49. The Labute approximate surface area is 129 Å². The van der Waals surface area contributed by atoms with Gasteiger partial charge in [-0.2, -0.15) is 0 Å². The minimum Gasteiger partial charge on any atom is -0.322 e. The lowest BCUT2D eigenvalue weighted by atomic mass is 9.97. The van der Waals surface area contributed by atoms with Gasteiger partial charge in [-0.1, -0.05) is 32.0 Å². The molecule has 114 valence electrons. The van der Waals surface area contributed by atoms with Gasteiger partial charge in [-0.15, -0.1) is 0 Å². The van der Waals surface area contributed by atoms with Crippen LogP contribution in [0.25, 0.3) is 0 Å². The van der Waals surface area contributed by atoms with E-state index < -0.39 is 4.92 Å². The molecule has 0 aliphatic heterocycles. The van der Waals surface area contributed by atoms with Crippen LogP contribution in [0, 0.1) is 10.1 Å². The molecule has 0 radical (unpaired) electrons. The van der Waals surface area contributed by atoms with Crippen LogP contribution >= 0.6 is 0 Å². The number of non-ortho nitro benzene ring substituents is 1. The van der Waals surface area contributed by atoms with Crippen molar-refractivity contribution in [2.75, 3.05) is 5.32 Å². The number of hydrogen-bond donors (Lipinski definition) is 1. The predicted octanol–water partition coefficient (Wildman–Crippen LogP) is 4.36. The fourth-order valence-corrected chi connectivity index (χ4v) is 2.19. The number of nitro benzene ring substituents is 1. The molecule has 0 saturated carbocycles. The highest BCUT2D eigenvalue weighted by molar-refractivity contribution is 6.04. The Morgan fingerprint density at radius 2 is 1.82 bits per heavy atom. The second-order valence-electron chi connectivity index (χ2n) is 5.15. The maximum atomic E-state index is 12.3. The van der Waals surface area contributed by atoms with Crippen molar-refractivity contribution in [1.29, 1.82) is 0 Å². The molecule has 1 atom stereocenters. The van der Waals surface area contributed by atoms with E-state index >= 15 is 0 Å². The Kier molecular flexibility index (Phi) is 4.88. The third-order valence-corrected chi connectivity index (χ3v) is 3.69. The van der Waals surface area contributed by atoms with E-state index in [4.69, 9.17) is 0 Å². The molecule has 1 amide bonds. The van der Waals surface area contributed by atoms with Gasteiger partial charge in [0.1, 0.15) is 0 Å². The van der Waals surface area contributed by atoms with Gasteiger partial charge in [0.25, 0.3) is 11.6 Å². The number of benzene rings is 2. The van der Waals surface area contributed by atoms with Crippen LogP contribution in [-0.2, 0) is 0 Å². The smallest absolute Gasteiger partial charge is 0.269 e. The molecule has 0 aliphatic carbocycles. The average molecular weight is 298 g/mol. The summed E-state index contributed by atoms with van der Waals surface area (Å²) in [6, 6.07) is 13.3. The summed E-state index contributed by atoms with van der Waals surface area (Å²) in [4.78, 5) is 22.4. The lowest BCUT2D eigenvalue weighted by Crippen LogP contribution is -2.13. The van der Waals surface area contributed by atoms with Crippen molar-refractivity contribution >= 4 is 17.3 Å². The SMILES string of the molecule is CC[C@@H](C)c1ccccc1NC(=O)c1ccc([N+](=O)[O-])cc1. The van der Waals surface area contributed by atoms with Crippen LogP contribution in [0.3, 0.4) is 0 Å². The topological polar surface area (TPSA) is 72.2 Å². The summed E-state index contributed by atoms with van der Waals surface area (Å²) in [6.45, 7) is 4.20. The highest BCUT2D eigenvalue weighted by Gasteiger charge is 2.13. The highest BCUT2D eigenvalue weighted by Crippen LogP contribution is 2.27. The van der Waals surface area contributed by atoms with E-state index in [0.717, 1.165) is 17.7 Å². The standard InChI is InChI=1S/C17H18N2O3/c1-3-12(2)15-6-4-5-7-16(15)18-17(20)13-8-10-14(11-9-13)19(21)22/h4-12H,3H2,1-2H3,(H,18,20)/t12-/m1/s1. The van der Waals surface area contributed by atoms with Crippen LogP contribution < -0.4 is 5.32 Å². The monoisotopic (exact) mass is 298 g/mol. The Morgan fingerprint density at radius 3 is 2.41 bits per heavy atom. The zero-order valence-electron chi connectivity index (χ0n) is 12.6. The summed E-state index contributed by atoms with van der Waals surface area (Å²) in [7, 11) is 0. The van der Waals surface area contributed by atoms with E-state index in [0.29, 0.717) is 11.5 Å². The normalized spacial score (nSPS) is 11.7. The van der Waals surface area contributed by atoms with Gasteiger partial charge in [0.2, 0.25) is 0 Å². The van der Waals surface area contributed by atoms with Gasteiger partial charge in [-0.05, 0) is 36.1 Å². The molecule has 2 rings (SSSR count). The van der Waals surface area contributed by atoms with Crippen LogP contribution in [0.2, 0.25) is 0 Å². The van der Waals surface area contributed by atoms with E-state index in [-0.39, 0.29) is 11.6 Å². The molecular formula is C17H18N2O3. The van der Waals surface area contributed by atoms with Crippen LogP contribution in [0.1, 0.15) is 42.1 Å². The fraction of sp³-hybridized carbons (Fsp3) is 0.235. The molecular weight excluding hydrogens is 280 g/mol. The van der Waals surface area contributed by atoms with Crippen LogP contribution in [0.4, 0.5) is 11.4 Å². The zero-order valence-corrected chi connectivity index (χ0v) is 12.6. The van der Waals surface area contributed by atoms with Gasteiger partial charge in [-0.25, -0.2) is 0 Å². The van der Waals surface area contributed by atoms with Gasteiger partial charge in [-0.3, -0.25) is 14.9 Å². The molecule has 0 aromatic heterocycles. The Balaban J connectivity index is 2.20. The van der Waals surface area contributed by atoms with Gasteiger partial charge in [0, 0.05) is 23.4 Å². The number of nitrogens with one attached hydrogen (secondary N) is 1. The third-order valence-electron chi connectivity index (χ3n) is 3.69. The number of carbonyl (C=O) groups is 1. The summed E-state index contributed by atoms with van der Waals surface area (Å²) in [6.07, 6.45) is 0.977. The molecule has 0 saturated heterocycles. The second-order valence-corrected chi connectivity index (χ2v) is 5.15. The van der Waals surface area contributed by atoms with Crippen molar-refractivity contribution < 1.29 is 9.72 Å². The van der Waals surface area contributed by atoms with Crippen molar-refractivity contribution in [3.63, 3.8) is 0 Å². The summed E-state index contributed by atoms with van der Waals surface area (Å²) < 4.78 is 0. The van der Waals surface area contributed by atoms with E-state index in [1.165, 1.54) is 24.3 Å². The number of carbonyl (C=O) groups excluding carboxylic acids is 1. The molecule has 0 heterocycles. The molecule has 5 heteroatoms. The van der Waals surface area contributed by atoms with E-state index in [1.807, 2.05) is 24.3 Å². The number of hydrogen-bond acceptors (Lipinski definition) is 3. The largest absolute Gasteiger partial charge is 0.322 e. The first kappa shape index (κ1) is 15.7. The minimum absolute atomic E-state index is 0.0310.